The number of allylic oxidation sites excluding steroid dienone is 2. The molecular weight excluding hydrogens is 823 g/mol. The molecule has 3 heterocycles. The average molecular weight is 871 g/mol. The summed E-state index contributed by atoms with van der Waals surface area (Å²) in [5.74, 6) is 0.976. The molecule has 0 amide bonds. The molecule has 0 fully saturated rings. The molecular formula is C41H48IrNO2S2Si-. The molecule has 0 bridgehead atoms. The number of carbonyl (C=O) groups is 1. The molecule has 0 unspecified atom stereocenters. The van der Waals surface area contributed by atoms with E-state index < -0.39 is 8.07 Å². The van der Waals surface area contributed by atoms with Crippen molar-refractivity contribution in [1.29, 1.82) is 0 Å². The summed E-state index contributed by atoms with van der Waals surface area (Å²) in [5, 5.41) is 15.1. The summed E-state index contributed by atoms with van der Waals surface area (Å²) < 4.78 is 2.91. The number of benzene rings is 3. The molecule has 1 aliphatic heterocycles. The fourth-order valence-electron chi connectivity index (χ4n) is 6.71. The second-order valence-electron chi connectivity index (χ2n) is 13.3. The zero-order valence-electron chi connectivity index (χ0n) is 29.4. The van der Waals surface area contributed by atoms with E-state index in [9.17, 15) is 9.90 Å². The second kappa shape index (κ2) is 16.4. The van der Waals surface area contributed by atoms with Crippen molar-refractivity contribution in [3.8, 4) is 11.3 Å². The number of nitrogens with zero attached hydrogens (tertiary/aromatic N) is 1. The zero-order valence-corrected chi connectivity index (χ0v) is 34.5. The van der Waals surface area contributed by atoms with E-state index in [1.807, 2.05) is 57.0 Å². The third-order valence-electron chi connectivity index (χ3n) is 9.67. The number of aromatic nitrogens is 1. The van der Waals surface area contributed by atoms with Crippen molar-refractivity contribution >= 4 is 67.5 Å². The molecule has 5 aromatic rings. The molecule has 1 aliphatic rings. The van der Waals surface area contributed by atoms with Crippen molar-refractivity contribution in [2.75, 3.05) is 0 Å². The van der Waals surface area contributed by atoms with E-state index in [0.29, 0.717) is 5.92 Å². The Morgan fingerprint density at radius 2 is 1.52 bits per heavy atom. The summed E-state index contributed by atoms with van der Waals surface area (Å²) in [5.41, 5.74) is 3.72. The van der Waals surface area contributed by atoms with Crippen LogP contribution in [-0.2, 0) is 24.9 Å². The van der Waals surface area contributed by atoms with Crippen LogP contribution in [0.25, 0.3) is 32.1 Å². The Kier molecular flexibility index (Phi) is 13.1. The first-order chi connectivity index (χ1) is 22.6. The molecule has 3 nitrogen and oxygen atoms in total. The Morgan fingerprint density at radius 1 is 0.896 bits per heavy atom. The Morgan fingerprint density at radius 3 is 2.15 bits per heavy atom. The van der Waals surface area contributed by atoms with E-state index >= 15 is 0 Å². The Bertz CT molecular complexity index is 1910. The molecule has 1 N–H and O–H groups in total. The largest absolute Gasteiger partial charge is 0.512 e. The molecule has 3 aromatic carbocycles. The summed E-state index contributed by atoms with van der Waals surface area (Å²) in [7, 11) is -1.85. The minimum atomic E-state index is -1.85. The molecule has 0 aliphatic carbocycles. The van der Waals surface area contributed by atoms with Gasteiger partial charge in [-0.05, 0) is 47.9 Å². The number of carbonyl (C=O) groups excluding carboxylic acids is 1. The van der Waals surface area contributed by atoms with E-state index in [0.717, 1.165) is 31.4 Å². The molecule has 48 heavy (non-hydrogen) atoms. The van der Waals surface area contributed by atoms with Crippen LogP contribution in [0.4, 0.5) is 0 Å². The van der Waals surface area contributed by atoms with Crippen LogP contribution in [-0.4, -0.2) is 23.9 Å². The Hall–Kier alpha value is -2.54. The van der Waals surface area contributed by atoms with Gasteiger partial charge in [0.15, 0.2) is 5.78 Å². The monoisotopic (exact) mass is 871 g/mol. The van der Waals surface area contributed by atoms with Gasteiger partial charge < -0.3 is 5.11 Å². The van der Waals surface area contributed by atoms with Crippen LogP contribution < -0.4 is 9.69 Å². The summed E-state index contributed by atoms with van der Waals surface area (Å²) in [6, 6.07) is 25.7. The van der Waals surface area contributed by atoms with Crippen molar-refractivity contribution in [2.45, 2.75) is 96.0 Å². The number of aliphatic hydroxyl groups excluding tert-OH is 1. The molecule has 7 heteroatoms. The maximum atomic E-state index is 11.7. The number of hydrogen-bond donors (Lipinski definition) is 1. The predicted molar refractivity (Wildman–Crippen MR) is 207 cm³/mol. The molecule has 0 spiro atoms. The third-order valence-corrected chi connectivity index (χ3v) is 17.2. The van der Waals surface area contributed by atoms with Gasteiger partial charge in [-0.15, -0.1) is 40.6 Å². The normalized spacial score (nSPS) is 12.7. The number of fused-ring (bicyclic) bond motifs is 3. The van der Waals surface area contributed by atoms with Crippen LogP contribution in [0.2, 0.25) is 13.1 Å². The van der Waals surface area contributed by atoms with Crippen molar-refractivity contribution in [3.05, 3.63) is 90.3 Å². The van der Waals surface area contributed by atoms with Gasteiger partial charge >= 0.3 is 0 Å². The number of pyridine rings is 1. The quantitative estimate of drug-likeness (QED) is 0.0645. The van der Waals surface area contributed by atoms with Gasteiger partial charge in [0.25, 0.3) is 0 Å². The first-order valence-electron chi connectivity index (χ1n) is 17.1. The molecule has 0 saturated carbocycles. The molecule has 1 radical (unpaired) electrons. The van der Waals surface area contributed by atoms with E-state index in [4.69, 9.17) is 4.98 Å². The van der Waals surface area contributed by atoms with E-state index in [2.05, 4.69) is 93.7 Å². The number of ketones is 1. The minimum absolute atomic E-state index is 0. The Balaban J connectivity index is 0.000000279. The van der Waals surface area contributed by atoms with Gasteiger partial charge in [0.2, 0.25) is 0 Å². The predicted octanol–water partition coefficient (Wildman–Crippen LogP) is 11.2. The topological polar surface area (TPSA) is 50.2 Å². The molecule has 6 rings (SSSR count). The van der Waals surface area contributed by atoms with Gasteiger partial charge in [-0.1, -0.05) is 125 Å². The summed E-state index contributed by atoms with van der Waals surface area (Å²) in [6.45, 7) is 17.7. The van der Waals surface area contributed by atoms with Crippen LogP contribution in [0.3, 0.4) is 0 Å². The van der Waals surface area contributed by atoms with E-state index in [-0.39, 0.29) is 43.5 Å². The maximum absolute atomic E-state index is 11.7. The summed E-state index contributed by atoms with van der Waals surface area (Å²) >= 11 is 3.95. The van der Waals surface area contributed by atoms with E-state index in [1.165, 1.54) is 53.0 Å². The minimum Gasteiger partial charge on any atom is -0.512 e. The van der Waals surface area contributed by atoms with Crippen molar-refractivity contribution in [2.24, 2.45) is 11.8 Å². The number of thiophene rings is 1. The smallest absolute Gasteiger partial charge is 0.162 e. The maximum Gasteiger partial charge on any atom is 0.162 e. The van der Waals surface area contributed by atoms with Gasteiger partial charge in [-0.3, -0.25) is 9.78 Å². The average Bonchev–Trinajstić information content (AvgIpc) is 3.46. The third kappa shape index (κ3) is 7.46. The SMILES string of the molecule is CC(C)c1c2c([c-]c3ccccc13)-c1nccc3sc([Si](C)(C)c4ccccc4)c(c13)S2.CCC(CC)C(=O)/C=C(\O)C(CC)CC.[Ir]. The standard InChI is InChI=1S/C28H24NS2Si.C13H24O2.Ir/c1-17(2)23-20-13-9-8-10-18(20)16-21-25-24-22(14-15-29-25)30-28(27(24)31-26(21)23)32(3,4)19-11-6-5-7-12-19;1-5-10(6-2)12(14)9-13(15)11(7-3)8-4;/h5-15,17H,1-4H3;9-11,14H,5-8H2,1-4H3;/q-1;;/b;12-9-;. The molecule has 0 saturated heterocycles. The van der Waals surface area contributed by atoms with Crippen molar-refractivity contribution in [1.82, 2.24) is 4.98 Å². The van der Waals surface area contributed by atoms with Crippen LogP contribution in [0, 0.1) is 17.9 Å². The molecule has 2 aromatic heterocycles. The van der Waals surface area contributed by atoms with Crippen molar-refractivity contribution < 1.29 is 30.0 Å². The van der Waals surface area contributed by atoms with Gasteiger partial charge in [-0.25, -0.2) is 0 Å². The first kappa shape index (κ1) is 38.3. The fraction of sp³-hybridized carbons (Fsp3) is 0.366. The van der Waals surface area contributed by atoms with Crippen LogP contribution in [0.1, 0.15) is 78.7 Å². The van der Waals surface area contributed by atoms with Crippen LogP contribution in [0.5, 0.6) is 0 Å². The summed E-state index contributed by atoms with van der Waals surface area (Å²) in [4.78, 5) is 19.4. The number of rotatable bonds is 10. The fourth-order valence-corrected chi connectivity index (χ4v) is 13.8. The first-order valence-corrected chi connectivity index (χ1v) is 21.8. The van der Waals surface area contributed by atoms with Gasteiger partial charge in [-0.2, -0.15) is 0 Å². The van der Waals surface area contributed by atoms with Gasteiger partial charge in [0, 0.05) is 64.0 Å². The van der Waals surface area contributed by atoms with Crippen LogP contribution in [0.15, 0.2) is 88.5 Å². The summed E-state index contributed by atoms with van der Waals surface area (Å²) in [6.07, 6.45) is 6.89. The second-order valence-corrected chi connectivity index (χ2v) is 20.1. The Labute approximate surface area is 310 Å². The van der Waals surface area contributed by atoms with E-state index in [1.54, 1.807) is 4.50 Å². The van der Waals surface area contributed by atoms with Gasteiger partial charge in [0.05, 0.1) is 5.76 Å². The number of aliphatic hydroxyl groups is 1. The molecule has 255 valence electrons. The van der Waals surface area contributed by atoms with Crippen LogP contribution >= 0.6 is 23.1 Å². The number of hydrogen-bond acceptors (Lipinski definition) is 5. The molecule has 0 atom stereocenters. The van der Waals surface area contributed by atoms with Gasteiger partial charge in [0.1, 0.15) is 8.07 Å². The zero-order chi connectivity index (χ0) is 33.9. The van der Waals surface area contributed by atoms with Crippen molar-refractivity contribution in [3.63, 3.8) is 0 Å².